The third-order valence-corrected chi connectivity index (χ3v) is 3.64. The minimum Gasteiger partial charge on any atom is -0.493 e. The molecule has 0 aliphatic carbocycles. The summed E-state index contributed by atoms with van der Waals surface area (Å²) in [5.74, 6) is -0.563. The number of carbonyl (C=O) groups is 2. The third-order valence-electron chi connectivity index (χ3n) is 3.64. The summed E-state index contributed by atoms with van der Waals surface area (Å²) in [6.45, 7) is 3.24. The molecule has 0 spiro atoms. The molecule has 2 heterocycles. The molecule has 0 atom stereocenters. The summed E-state index contributed by atoms with van der Waals surface area (Å²) in [7, 11) is 1.41. The molecular formula is C19H17N3O4. The molecule has 0 saturated carbocycles. The molecule has 26 heavy (non-hydrogen) atoms. The number of hydrogen-bond acceptors (Lipinski definition) is 6. The van der Waals surface area contributed by atoms with Crippen LogP contribution < -0.4 is 14.8 Å². The fraction of sp³-hybridized carbons (Fsp3) is 0.158. The number of amides is 1. The first-order chi connectivity index (χ1) is 12.5. The van der Waals surface area contributed by atoms with Crippen LogP contribution in [0.4, 0.5) is 5.82 Å². The van der Waals surface area contributed by atoms with Crippen molar-refractivity contribution in [1.82, 2.24) is 9.97 Å². The van der Waals surface area contributed by atoms with E-state index in [9.17, 15) is 9.59 Å². The van der Waals surface area contributed by atoms with Crippen molar-refractivity contribution in [2.24, 2.45) is 0 Å². The van der Waals surface area contributed by atoms with Crippen LogP contribution in [0.3, 0.4) is 0 Å². The van der Waals surface area contributed by atoms with Gasteiger partial charge < -0.3 is 14.8 Å². The van der Waals surface area contributed by atoms with E-state index in [1.54, 1.807) is 6.07 Å². The summed E-state index contributed by atoms with van der Waals surface area (Å²) >= 11 is 0. The number of rotatable bonds is 4. The molecule has 1 amide bonds. The quantitative estimate of drug-likeness (QED) is 0.726. The fourth-order valence-electron chi connectivity index (χ4n) is 2.49. The molecule has 0 aliphatic rings. The lowest BCUT2D eigenvalue weighted by atomic mass is 10.1. The highest BCUT2D eigenvalue weighted by Crippen LogP contribution is 2.30. The van der Waals surface area contributed by atoms with E-state index < -0.39 is 11.9 Å². The highest BCUT2D eigenvalue weighted by atomic mass is 16.6. The number of anilines is 1. The largest absolute Gasteiger partial charge is 0.493 e. The van der Waals surface area contributed by atoms with Gasteiger partial charge in [-0.1, -0.05) is 11.6 Å². The summed E-state index contributed by atoms with van der Waals surface area (Å²) < 4.78 is 10.2. The van der Waals surface area contributed by atoms with Crippen LogP contribution in [0, 0.1) is 6.92 Å². The lowest BCUT2D eigenvalue weighted by molar-refractivity contribution is -0.132. The molecule has 0 saturated heterocycles. The van der Waals surface area contributed by atoms with Gasteiger partial charge in [-0.3, -0.25) is 9.59 Å². The number of fused-ring (bicyclic) bond motifs is 1. The number of aryl methyl sites for hydroxylation is 1. The van der Waals surface area contributed by atoms with Gasteiger partial charge in [-0.25, -0.2) is 9.97 Å². The number of nitrogens with one attached hydrogen (secondary N) is 1. The summed E-state index contributed by atoms with van der Waals surface area (Å²) in [5, 5.41) is 3.65. The lowest BCUT2D eigenvalue weighted by Crippen LogP contribution is -2.17. The topological polar surface area (TPSA) is 90.4 Å². The Morgan fingerprint density at radius 1 is 1.12 bits per heavy atom. The van der Waals surface area contributed by atoms with Crippen LogP contribution in [0.5, 0.6) is 11.5 Å². The summed E-state index contributed by atoms with van der Waals surface area (Å²) in [6.07, 6.45) is 1.40. The van der Waals surface area contributed by atoms with Crippen LogP contribution in [0.15, 0.2) is 42.6 Å². The Labute approximate surface area is 150 Å². The first-order valence-corrected chi connectivity index (χ1v) is 7.88. The number of ether oxygens (including phenoxy) is 2. The number of pyridine rings is 2. The van der Waals surface area contributed by atoms with Gasteiger partial charge in [-0.2, -0.15) is 0 Å². The van der Waals surface area contributed by atoms with E-state index in [4.69, 9.17) is 9.47 Å². The second-order valence-electron chi connectivity index (χ2n) is 5.63. The van der Waals surface area contributed by atoms with Gasteiger partial charge in [0.05, 0.1) is 12.6 Å². The maximum atomic E-state index is 12.6. The molecular weight excluding hydrogens is 334 g/mol. The van der Waals surface area contributed by atoms with Gasteiger partial charge in [0, 0.05) is 24.6 Å². The molecule has 0 unspecified atom stereocenters. The maximum Gasteiger partial charge on any atom is 0.308 e. The van der Waals surface area contributed by atoms with Gasteiger partial charge in [0.1, 0.15) is 5.82 Å². The minimum absolute atomic E-state index is 0.0311. The number of nitrogens with zero attached hydrogens (tertiary/aromatic N) is 2. The van der Waals surface area contributed by atoms with E-state index in [1.807, 2.05) is 31.2 Å². The van der Waals surface area contributed by atoms with Crippen LogP contribution in [0.2, 0.25) is 0 Å². The van der Waals surface area contributed by atoms with Crippen molar-refractivity contribution in [3.63, 3.8) is 0 Å². The second-order valence-corrected chi connectivity index (χ2v) is 5.63. The first-order valence-electron chi connectivity index (χ1n) is 7.88. The fourth-order valence-corrected chi connectivity index (χ4v) is 2.49. The lowest BCUT2D eigenvalue weighted by Gasteiger charge is -2.12. The molecule has 2 aromatic heterocycles. The van der Waals surface area contributed by atoms with Crippen molar-refractivity contribution in [3.05, 3.63) is 53.9 Å². The Balaban J connectivity index is 1.93. The number of carbonyl (C=O) groups excluding carboxylic acids is 2. The molecule has 3 aromatic rings. The van der Waals surface area contributed by atoms with Crippen molar-refractivity contribution in [2.45, 2.75) is 13.8 Å². The van der Waals surface area contributed by atoms with Crippen molar-refractivity contribution in [2.75, 3.05) is 12.4 Å². The highest BCUT2D eigenvalue weighted by Gasteiger charge is 2.21. The van der Waals surface area contributed by atoms with Crippen LogP contribution in [-0.2, 0) is 4.79 Å². The van der Waals surface area contributed by atoms with Gasteiger partial charge in [-0.15, -0.1) is 0 Å². The zero-order valence-electron chi connectivity index (χ0n) is 14.6. The Hall–Kier alpha value is -3.48. The van der Waals surface area contributed by atoms with Crippen molar-refractivity contribution in [1.29, 1.82) is 0 Å². The predicted molar refractivity (Wildman–Crippen MR) is 96.5 cm³/mol. The van der Waals surface area contributed by atoms with E-state index in [0.717, 1.165) is 16.5 Å². The van der Waals surface area contributed by atoms with E-state index in [0.29, 0.717) is 5.82 Å². The Kier molecular flexibility index (Phi) is 4.79. The number of aromatic nitrogens is 2. The molecule has 132 valence electrons. The molecule has 1 N–H and O–H groups in total. The van der Waals surface area contributed by atoms with Gasteiger partial charge in [0.2, 0.25) is 5.75 Å². The Bertz CT molecular complexity index is 1000. The van der Waals surface area contributed by atoms with Crippen molar-refractivity contribution >= 4 is 28.6 Å². The molecule has 0 fully saturated rings. The van der Waals surface area contributed by atoms with Gasteiger partial charge >= 0.3 is 5.97 Å². The van der Waals surface area contributed by atoms with E-state index in [2.05, 4.69) is 15.3 Å². The standard InChI is InChI=1S/C19H17N3O4/c1-11-4-6-14-13(10-11)5-7-16(21-14)22-19(24)17-18(26-12(2)23)15(25-3)8-9-20-17/h4-10H,1-3H3,(H,21,22,24). The number of esters is 1. The predicted octanol–water partition coefficient (Wildman–Crippen LogP) is 3.12. The van der Waals surface area contributed by atoms with E-state index in [-0.39, 0.29) is 17.2 Å². The van der Waals surface area contributed by atoms with Crippen molar-refractivity contribution < 1.29 is 19.1 Å². The Morgan fingerprint density at radius 2 is 1.92 bits per heavy atom. The number of benzene rings is 1. The van der Waals surface area contributed by atoms with E-state index in [1.165, 1.54) is 26.3 Å². The molecule has 0 radical (unpaired) electrons. The maximum absolute atomic E-state index is 12.6. The SMILES string of the molecule is COc1ccnc(C(=O)Nc2ccc3cc(C)ccc3n2)c1OC(C)=O. The van der Waals surface area contributed by atoms with Gasteiger partial charge in [-0.05, 0) is 31.2 Å². The minimum atomic E-state index is -0.579. The van der Waals surface area contributed by atoms with Crippen LogP contribution in [0.25, 0.3) is 10.9 Å². The number of methoxy groups -OCH3 is 1. The monoisotopic (exact) mass is 351 g/mol. The van der Waals surface area contributed by atoms with Gasteiger partial charge in [0.15, 0.2) is 11.4 Å². The van der Waals surface area contributed by atoms with Crippen LogP contribution >= 0.6 is 0 Å². The molecule has 7 nitrogen and oxygen atoms in total. The summed E-state index contributed by atoms with van der Waals surface area (Å²) in [4.78, 5) is 32.4. The molecule has 0 aliphatic heterocycles. The molecule has 0 bridgehead atoms. The second kappa shape index (κ2) is 7.18. The molecule has 3 rings (SSSR count). The average molecular weight is 351 g/mol. The number of hydrogen-bond donors (Lipinski definition) is 1. The van der Waals surface area contributed by atoms with Crippen LogP contribution in [-0.4, -0.2) is 29.0 Å². The van der Waals surface area contributed by atoms with Crippen molar-refractivity contribution in [3.8, 4) is 11.5 Å². The zero-order chi connectivity index (χ0) is 18.7. The molecule has 7 heteroatoms. The third kappa shape index (κ3) is 3.61. The van der Waals surface area contributed by atoms with Crippen LogP contribution in [0.1, 0.15) is 23.0 Å². The average Bonchev–Trinajstić information content (AvgIpc) is 2.61. The smallest absolute Gasteiger partial charge is 0.308 e. The normalized spacial score (nSPS) is 10.4. The Morgan fingerprint density at radius 3 is 2.65 bits per heavy atom. The molecule has 1 aromatic carbocycles. The summed E-state index contributed by atoms with van der Waals surface area (Å²) in [6, 6.07) is 10.9. The summed E-state index contributed by atoms with van der Waals surface area (Å²) in [5.41, 5.74) is 1.82. The first kappa shape index (κ1) is 17.3. The zero-order valence-corrected chi connectivity index (χ0v) is 14.6. The van der Waals surface area contributed by atoms with E-state index >= 15 is 0 Å². The van der Waals surface area contributed by atoms with Gasteiger partial charge in [0.25, 0.3) is 5.91 Å². The highest BCUT2D eigenvalue weighted by molar-refractivity contribution is 6.05.